The van der Waals surface area contributed by atoms with Crippen LogP contribution in [0.5, 0.6) is 0 Å². The Balaban J connectivity index is 3.08. The highest BCUT2D eigenvalue weighted by molar-refractivity contribution is 9.10. The van der Waals surface area contributed by atoms with Crippen LogP contribution in [0.4, 0.5) is 0 Å². The molecule has 0 N–H and O–H groups in total. The van der Waals surface area contributed by atoms with Gasteiger partial charge in [-0.3, -0.25) is 0 Å². The van der Waals surface area contributed by atoms with Crippen molar-refractivity contribution < 1.29 is 4.42 Å². The normalized spacial score (nSPS) is 10.8. The Hall–Kier alpha value is -1.16. The minimum absolute atomic E-state index is 0.344. The predicted molar refractivity (Wildman–Crippen MR) is 57.5 cm³/mol. The van der Waals surface area contributed by atoms with Crippen LogP contribution < -0.4 is 5.63 Å². The first kappa shape index (κ1) is 9.40. The molecular formula is C10H8BrNO2. The zero-order chi connectivity index (χ0) is 10.3. The Morgan fingerprint density at radius 3 is 2.79 bits per heavy atom. The molecule has 2 rings (SSSR count). The monoisotopic (exact) mass is 253 g/mol. The largest absolute Gasteiger partial charge is 0.408 e. The first-order valence-electron chi connectivity index (χ1n) is 4.16. The molecule has 0 radical (unpaired) electrons. The van der Waals surface area contributed by atoms with Crippen LogP contribution in [0.25, 0.3) is 10.9 Å². The molecule has 0 spiro atoms. The van der Waals surface area contributed by atoms with E-state index in [-0.39, 0.29) is 5.63 Å². The van der Waals surface area contributed by atoms with E-state index in [9.17, 15) is 4.79 Å². The third kappa shape index (κ3) is 1.35. The molecule has 3 nitrogen and oxygen atoms in total. The van der Waals surface area contributed by atoms with Gasteiger partial charge in [0, 0.05) is 11.4 Å². The number of aromatic nitrogens is 1. The number of fused-ring (bicyclic) bond motifs is 1. The van der Waals surface area contributed by atoms with Crippen molar-refractivity contribution >= 4 is 26.8 Å². The summed E-state index contributed by atoms with van der Waals surface area (Å²) in [5.41, 5.74) is 1.33. The number of nitrogens with zero attached hydrogens (tertiary/aromatic N) is 1. The van der Waals surface area contributed by atoms with Gasteiger partial charge < -0.3 is 4.42 Å². The molecule has 0 fully saturated rings. The van der Waals surface area contributed by atoms with Crippen molar-refractivity contribution in [3.05, 3.63) is 38.5 Å². The molecule has 0 amide bonds. The fraction of sp³-hybridized carbons (Fsp3) is 0.200. The molecule has 0 aliphatic heterocycles. The summed E-state index contributed by atoms with van der Waals surface area (Å²) in [5.74, 6) is 0.392. The summed E-state index contributed by atoms with van der Waals surface area (Å²) in [5, 5.41) is 0.510. The van der Waals surface area contributed by atoms with Gasteiger partial charge in [-0.05, 0) is 34.5 Å². The minimum Gasteiger partial charge on any atom is -0.408 e. The van der Waals surface area contributed by atoms with E-state index >= 15 is 0 Å². The standard InChI is InChI=1S/C10H8BrNO2/c1-5-3-4-7(11)8-9(5)12-6(2)14-10(8)13/h3-4H,1-2H3. The maximum Gasteiger partial charge on any atom is 0.347 e. The summed E-state index contributed by atoms with van der Waals surface area (Å²) in [4.78, 5) is 15.7. The third-order valence-corrected chi connectivity index (χ3v) is 2.70. The van der Waals surface area contributed by atoms with E-state index in [1.54, 1.807) is 6.92 Å². The smallest absolute Gasteiger partial charge is 0.347 e. The van der Waals surface area contributed by atoms with Crippen molar-refractivity contribution in [2.45, 2.75) is 13.8 Å². The minimum atomic E-state index is -0.344. The molecule has 0 aliphatic carbocycles. The van der Waals surface area contributed by atoms with Crippen molar-refractivity contribution in [1.82, 2.24) is 4.98 Å². The second-order valence-electron chi connectivity index (χ2n) is 3.11. The summed E-state index contributed by atoms with van der Waals surface area (Å²) in [7, 11) is 0. The van der Waals surface area contributed by atoms with E-state index in [0.29, 0.717) is 16.8 Å². The van der Waals surface area contributed by atoms with Gasteiger partial charge in [0.1, 0.15) is 5.39 Å². The summed E-state index contributed by atoms with van der Waals surface area (Å²) in [6, 6.07) is 3.74. The molecule has 0 saturated carbocycles. The number of hydrogen-bond acceptors (Lipinski definition) is 3. The van der Waals surface area contributed by atoms with E-state index in [4.69, 9.17) is 4.42 Å². The SMILES string of the molecule is Cc1nc2c(C)ccc(Br)c2c(=O)o1. The molecule has 4 heteroatoms. The number of rotatable bonds is 0. The van der Waals surface area contributed by atoms with Gasteiger partial charge >= 0.3 is 5.63 Å². The molecule has 72 valence electrons. The zero-order valence-electron chi connectivity index (χ0n) is 7.80. The van der Waals surface area contributed by atoms with Gasteiger partial charge in [0.15, 0.2) is 5.89 Å². The van der Waals surface area contributed by atoms with Gasteiger partial charge in [-0.1, -0.05) is 6.07 Å². The fourth-order valence-electron chi connectivity index (χ4n) is 1.37. The van der Waals surface area contributed by atoms with Gasteiger partial charge in [0.2, 0.25) is 0 Å². The highest BCUT2D eigenvalue weighted by Gasteiger charge is 2.09. The summed E-state index contributed by atoms with van der Waals surface area (Å²) in [6.45, 7) is 3.59. The van der Waals surface area contributed by atoms with E-state index < -0.39 is 0 Å². The summed E-state index contributed by atoms with van der Waals surface area (Å²) >= 11 is 3.31. The van der Waals surface area contributed by atoms with Crippen LogP contribution in [0.15, 0.2) is 25.8 Å². The van der Waals surface area contributed by atoms with Crippen molar-refractivity contribution in [2.75, 3.05) is 0 Å². The van der Waals surface area contributed by atoms with E-state index in [1.807, 2.05) is 19.1 Å². The quantitative estimate of drug-likeness (QED) is 0.725. The molecule has 0 saturated heterocycles. The Morgan fingerprint density at radius 2 is 2.07 bits per heavy atom. The highest BCUT2D eigenvalue weighted by Crippen LogP contribution is 2.22. The van der Waals surface area contributed by atoms with Gasteiger partial charge in [-0.25, -0.2) is 9.78 Å². The van der Waals surface area contributed by atoms with E-state index in [1.165, 1.54) is 0 Å². The number of aryl methyl sites for hydroxylation is 2. The maximum absolute atomic E-state index is 11.5. The lowest BCUT2D eigenvalue weighted by molar-refractivity contribution is 0.467. The second-order valence-corrected chi connectivity index (χ2v) is 3.96. The molecule has 1 aromatic carbocycles. The zero-order valence-corrected chi connectivity index (χ0v) is 9.38. The van der Waals surface area contributed by atoms with Crippen LogP contribution in [0.2, 0.25) is 0 Å². The van der Waals surface area contributed by atoms with E-state index in [2.05, 4.69) is 20.9 Å². The summed E-state index contributed by atoms with van der Waals surface area (Å²) in [6.07, 6.45) is 0. The Kier molecular flexibility index (Phi) is 2.15. The topological polar surface area (TPSA) is 43.1 Å². The van der Waals surface area contributed by atoms with Crippen LogP contribution in [0.1, 0.15) is 11.5 Å². The number of benzene rings is 1. The van der Waals surface area contributed by atoms with Gasteiger partial charge in [-0.2, -0.15) is 0 Å². The maximum atomic E-state index is 11.5. The van der Waals surface area contributed by atoms with Crippen molar-refractivity contribution in [2.24, 2.45) is 0 Å². The number of hydrogen-bond donors (Lipinski definition) is 0. The van der Waals surface area contributed by atoms with E-state index in [0.717, 1.165) is 10.0 Å². The molecule has 1 aromatic heterocycles. The molecule has 0 atom stereocenters. The van der Waals surface area contributed by atoms with Crippen LogP contribution in [0, 0.1) is 13.8 Å². The molecule has 14 heavy (non-hydrogen) atoms. The molecular weight excluding hydrogens is 246 g/mol. The number of halogens is 1. The molecule has 0 bridgehead atoms. The third-order valence-electron chi connectivity index (χ3n) is 2.04. The lowest BCUT2D eigenvalue weighted by Crippen LogP contribution is -2.04. The Morgan fingerprint density at radius 1 is 1.36 bits per heavy atom. The van der Waals surface area contributed by atoms with Gasteiger partial charge in [-0.15, -0.1) is 0 Å². The average molecular weight is 254 g/mol. The second kappa shape index (κ2) is 3.20. The predicted octanol–water partition coefficient (Wildman–Crippen LogP) is 2.57. The van der Waals surface area contributed by atoms with Crippen molar-refractivity contribution in [3.8, 4) is 0 Å². The van der Waals surface area contributed by atoms with Gasteiger partial charge in [0.05, 0.1) is 5.52 Å². The van der Waals surface area contributed by atoms with Gasteiger partial charge in [0.25, 0.3) is 0 Å². The molecule has 1 heterocycles. The van der Waals surface area contributed by atoms with Crippen LogP contribution in [-0.4, -0.2) is 4.98 Å². The van der Waals surface area contributed by atoms with Crippen LogP contribution >= 0.6 is 15.9 Å². The molecule has 0 aliphatic rings. The highest BCUT2D eigenvalue weighted by atomic mass is 79.9. The van der Waals surface area contributed by atoms with Crippen molar-refractivity contribution in [1.29, 1.82) is 0 Å². The first-order chi connectivity index (χ1) is 6.59. The lowest BCUT2D eigenvalue weighted by Gasteiger charge is -2.02. The Bertz CT molecular complexity index is 560. The summed E-state index contributed by atoms with van der Waals surface area (Å²) < 4.78 is 5.65. The van der Waals surface area contributed by atoms with Crippen LogP contribution in [-0.2, 0) is 0 Å². The first-order valence-corrected chi connectivity index (χ1v) is 4.95. The Labute approximate surface area is 88.9 Å². The van der Waals surface area contributed by atoms with Crippen molar-refractivity contribution in [3.63, 3.8) is 0 Å². The molecule has 0 unspecified atom stereocenters. The van der Waals surface area contributed by atoms with Crippen LogP contribution in [0.3, 0.4) is 0 Å². The lowest BCUT2D eigenvalue weighted by atomic mass is 10.1. The fourth-order valence-corrected chi connectivity index (χ4v) is 1.86. The average Bonchev–Trinajstić information content (AvgIpc) is 2.10. The molecule has 2 aromatic rings.